The predicted molar refractivity (Wildman–Crippen MR) is 267 cm³/mol. The second-order valence-corrected chi connectivity index (χ2v) is 16.5. The van der Waals surface area contributed by atoms with Crippen molar-refractivity contribution < 1.29 is 0 Å². The molecule has 3 heteroatoms. The highest BCUT2D eigenvalue weighted by atomic mass is 15.2. The topological polar surface area (TPSA) is 9.72 Å². The number of hydrogen-bond acceptors (Lipinski definition) is 3. The summed E-state index contributed by atoms with van der Waals surface area (Å²) in [5, 5.41) is 7.28. The van der Waals surface area contributed by atoms with Gasteiger partial charge in [-0.25, -0.2) is 0 Å². The Morgan fingerprint density at radius 1 is 0.365 bits per heavy atom. The Kier molecular flexibility index (Phi) is 8.97. The Bertz CT molecular complexity index is 3370. The maximum atomic E-state index is 2.50. The van der Waals surface area contributed by atoms with Crippen LogP contribution in [0.5, 0.6) is 0 Å². The number of benzene rings is 10. The molecule has 63 heavy (non-hydrogen) atoms. The SMILES string of the molecule is C1=CC2c3cc(N(c4ccccc4)c4ccc(-c5ccc(N(c6ccc7ccccc7c6)c6cccc7ccccc67)cc5)c5ccccc45)ccc3N(c3ccccc3)C2C=C1. The highest BCUT2D eigenvalue weighted by Crippen LogP contribution is 2.51. The molecule has 0 bridgehead atoms. The quantitative estimate of drug-likeness (QED) is 0.151. The molecule has 12 rings (SSSR count). The maximum absolute atomic E-state index is 2.50. The van der Waals surface area contributed by atoms with Crippen LogP contribution in [0.25, 0.3) is 43.4 Å². The molecule has 1 heterocycles. The molecule has 0 saturated heterocycles. The van der Waals surface area contributed by atoms with Crippen molar-refractivity contribution in [2.45, 2.75) is 12.0 Å². The van der Waals surface area contributed by atoms with E-state index in [0.717, 1.165) is 34.1 Å². The van der Waals surface area contributed by atoms with Gasteiger partial charge in [0.1, 0.15) is 0 Å². The van der Waals surface area contributed by atoms with Crippen molar-refractivity contribution in [3.05, 3.63) is 254 Å². The van der Waals surface area contributed by atoms with E-state index in [-0.39, 0.29) is 12.0 Å². The summed E-state index contributed by atoms with van der Waals surface area (Å²) in [6, 6.07) is 82.1. The predicted octanol–water partition coefficient (Wildman–Crippen LogP) is 16.5. The van der Waals surface area contributed by atoms with E-state index in [1.54, 1.807) is 0 Å². The Hall–Kier alpha value is -8.14. The van der Waals surface area contributed by atoms with Gasteiger partial charge in [0.15, 0.2) is 0 Å². The van der Waals surface area contributed by atoms with Crippen molar-refractivity contribution in [3.8, 4) is 11.1 Å². The van der Waals surface area contributed by atoms with E-state index in [9.17, 15) is 0 Å². The number of nitrogens with zero attached hydrogens (tertiary/aromatic N) is 3. The third-order valence-corrected chi connectivity index (χ3v) is 12.9. The van der Waals surface area contributed by atoms with E-state index >= 15 is 0 Å². The normalized spacial score (nSPS) is 15.1. The Balaban J connectivity index is 0.963. The third kappa shape index (κ3) is 6.36. The van der Waals surface area contributed by atoms with Gasteiger partial charge in [0.2, 0.25) is 0 Å². The fourth-order valence-electron chi connectivity index (χ4n) is 10.0. The van der Waals surface area contributed by atoms with Gasteiger partial charge in [0.05, 0.1) is 17.4 Å². The van der Waals surface area contributed by atoms with Crippen LogP contribution in [0, 0.1) is 0 Å². The molecule has 2 atom stereocenters. The first kappa shape index (κ1) is 36.7. The van der Waals surface area contributed by atoms with Crippen LogP contribution in [0.1, 0.15) is 11.5 Å². The number of anilines is 8. The van der Waals surface area contributed by atoms with E-state index in [1.807, 2.05) is 0 Å². The molecule has 0 spiro atoms. The van der Waals surface area contributed by atoms with Crippen molar-refractivity contribution in [1.29, 1.82) is 0 Å². The van der Waals surface area contributed by atoms with Crippen molar-refractivity contribution in [2.75, 3.05) is 14.7 Å². The monoisotopic (exact) mass is 805 g/mol. The number of para-hydroxylation sites is 2. The van der Waals surface area contributed by atoms with E-state index < -0.39 is 0 Å². The molecule has 1 aliphatic heterocycles. The lowest BCUT2D eigenvalue weighted by Gasteiger charge is -2.29. The molecule has 0 saturated carbocycles. The lowest BCUT2D eigenvalue weighted by atomic mass is 9.91. The summed E-state index contributed by atoms with van der Waals surface area (Å²) in [6.07, 6.45) is 9.09. The molecule has 10 aromatic rings. The molecule has 0 fully saturated rings. The van der Waals surface area contributed by atoms with Crippen LogP contribution in [-0.4, -0.2) is 6.04 Å². The van der Waals surface area contributed by atoms with Gasteiger partial charge in [-0.05, 0) is 117 Å². The third-order valence-electron chi connectivity index (χ3n) is 12.9. The molecule has 0 aromatic heterocycles. The van der Waals surface area contributed by atoms with E-state index in [2.05, 4.69) is 263 Å². The number of rotatable bonds is 8. The second-order valence-electron chi connectivity index (χ2n) is 16.5. The summed E-state index contributed by atoms with van der Waals surface area (Å²) in [5.41, 5.74) is 13.0. The molecular weight excluding hydrogens is 763 g/mol. The summed E-state index contributed by atoms with van der Waals surface area (Å²) >= 11 is 0. The average molecular weight is 806 g/mol. The first-order chi connectivity index (χ1) is 31.3. The van der Waals surface area contributed by atoms with Gasteiger partial charge in [-0.1, -0.05) is 170 Å². The van der Waals surface area contributed by atoms with E-state index in [4.69, 9.17) is 0 Å². The first-order valence-corrected chi connectivity index (χ1v) is 21.8. The van der Waals surface area contributed by atoms with E-state index in [1.165, 1.54) is 60.4 Å². The minimum atomic E-state index is 0.228. The number of hydrogen-bond donors (Lipinski definition) is 0. The summed E-state index contributed by atoms with van der Waals surface area (Å²) in [7, 11) is 0. The molecule has 0 amide bonds. The van der Waals surface area contributed by atoms with Gasteiger partial charge in [0.25, 0.3) is 0 Å². The zero-order chi connectivity index (χ0) is 41.7. The standard InChI is InChI=1S/C60H43N3/c1-3-20-46(21-4-1)61(50-36-38-60-56(41-50)55-27-13-14-28-58(55)63(60)47-22-5-2-6-23-47)59-39-37-51(53-25-11-12-26-54(53)59)44-31-33-48(34-32-44)62(49-35-30-42-16-7-8-18-45(42)40-49)57-29-15-19-43-17-9-10-24-52(43)57/h1-41,55,58H. The van der Waals surface area contributed by atoms with Crippen LogP contribution >= 0.6 is 0 Å². The smallest absolute Gasteiger partial charge is 0.0629 e. The summed E-state index contributed by atoms with van der Waals surface area (Å²) < 4.78 is 0. The summed E-state index contributed by atoms with van der Waals surface area (Å²) in [4.78, 5) is 7.33. The Labute approximate surface area is 368 Å². The van der Waals surface area contributed by atoms with Gasteiger partial charge < -0.3 is 14.7 Å². The van der Waals surface area contributed by atoms with Crippen LogP contribution in [0.15, 0.2) is 249 Å². The van der Waals surface area contributed by atoms with Crippen LogP contribution in [0.2, 0.25) is 0 Å². The van der Waals surface area contributed by atoms with Gasteiger partial charge in [0, 0.05) is 50.8 Å². The second kappa shape index (κ2) is 15.4. The fourth-order valence-corrected chi connectivity index (χ4v) is 10.0. The molecule has 0 radical (unpaired) electrons. The molecule has 2 aliphatic rings. The van der Waals surface area contributed by atoms with Crippen molar-refractivity contribution >= 4 is 77.8 Å². The average Bonchev–Trinajstić information content (AvgIpc) is 3.69. The van der Waals surface area contributed by atoms with Crippen LogP contribution in [0.4, 0.5) is 45.5 Å². The van der Waals surface area contributed by atoms with E-state index in [0.29, 0.717) is 0 Å². The molecule has 10 aromatic carbocycles. The van der Waals surface area contributed by atoms with Crippen molar-refractivity contribution in [1.82, 2.24) is 0 Å². The zero-order valence-corrected chi connectivity index (χ0v) is 34.7. The fraction of sp³-hybridized carbons (Fsp3) is 0.0333. The first-order valence-electron chi connectivity index (χ1n) is 21.8. The highest BCUT2D eigenvalue weighted by Gasteiger charge is 2.38. The number of fused-ring (bicyclic) bond motifs is 6. The lowest BCUT2D eigenvalue weighted by molar-refractivity contribution is 0.745. The highest BCUT2D eigenvalue weighted by molar-refractivity contribution is 6.07. The molecule has 3 nitrogen and oxygen atoms in total. The summed E-state index contributed by atoms with van der Waals surface area (Å²) in [6.45, 7) is 0. The van der Waals surface area contributed by atoms with Gasteiger partial charge in [-0.3, -0.25) is 0 Å². The zero-order valence-electron chi connectivity index (χ0n) is 34.7. The molecule has 298 valence electrons. The number of allylic oxidation sites excluding steroid dienone is 2. The Morgan fingerprint density at radius 3 is 1.76 bits per heavy atom. The van der Waals surface area contributed by atoms with Gasteiger partial charge in [-0.15, -0.1) is 0 Å². The van der Waals surface area contributed by atoms with Crippen LogP contribution < -0.4 is 14.7 Å². The van der Waals surface area contributed by atoms with Gasteiger partial charge in [-0.2, -0.15) is 0 Å². The largest absolute Gasteiger partial charge is 0.333 e. The Morgan fingerprint density at radius 2 is 0.952 bits per heavy atom. The van der Waals surface area contributed by atoms with Crippen molar-refractivity contribution in [3.63, 3.8) is 0 Å². The molecule has 0 N–H and O–H groups in total. The molecule has 1 aliphatic carbocycles. The van der Waals surface area contributed by atoms with Crippen molar-refractivity contribution in [2.24, 2.45) is 0 Å². The van der Waals surface area contributed by atoms with Gasteiger partial charge >= 0.3 is 0 Å². The van der Waals surface area contributed by atoms with Crippen LogP contribution in [-0.2, 0) is 0 Å². The van der Waals surface area contributed by atoms with Crippen LogP contribution in [0.3, 0.4) is 0 Å². The molecular formula is C60H43N3. The lowest BCUT2D eigenvalue weighted by Crippen LogP contribution is -2.28. The minimum Gasteiger partial charge on any atom is -0.333 e. The minimum absolute atomic E-state index is 0.228. The molecule has 2 unspecified atom stereocenters. The summed E-state index contributed by atoms with van der Waals surface area (Å²) in [5.74, 6) is 0.252. The maximum Gasteiger partial charge on any atom is 0.0629 e.